The number of aromatic nitrogens is 4. The van der Waals surface area contributed by atoms with Crippen molar-refractivity contribution in [1.29, 1.82) is 0 Å². The third-order valence-corrected chi connectivity index (χ3v) is 5.30. The summed E-state index contributed by atoms with van der Waals surface area (Å²) in [6, 6.07) is 12.3. The first-order chi connectivity index (χ1) is 13.9. The van der Waals surface area contributed by atoms with E-state index < -0.39 is 11.9 Å². The Morgan fingerprint density at radius 1 is 1.31 bits per heavy atom. The minimum Gasteiger partial charge on any atom is -0.489 e. The lowest BCUT2D eigenvalue weighted by Crippen LogP contribution is -2.32. The van der Waals surface area contributed by atoms with E-state index in [4.69, 9.17) is 22.1 Å². The van der Waals surface area contributed by atoms with Crippen molar-refractivity contribution < 1.29 is 9.53 Å². The van der Waals surface area contributed by atoms with E-state index >= 15 is 0 Å². The number of fused-ring (bicyclic) bond motifs is 1. The van der Waals surface area contributed by atoms with Gasteiger partial charge in [0.15, 0.2) is 0 Å². The number of nitrogens with zero attached hydrogens (tertiary/aromatic N) is 4. The highest BCUT2D eigenvalue weighted by atomic mass is 79.9. The van der Waals surface area contributed by atoms with E-state index in [1.807, 2.05) is 30.3 Å². The Bertz CT molecular complexity index is 1110. The van der Waals surface area contributed by atoms with E-state index in [2.05, 4.69) is 36.8 Å². The number of amides is 1. The van der Waals surface area contributed by atoms with Gasteiger partial charge >= 0.3 is 0 Å². The lowest BCUT2D eigenvalue weighted by atomic mass is 9.94. The third kappa shape index (κ3) is 3.83. The first-order valence-electron chi connectivity index (χ1n) is 8.66. The zero-order valence-corrected chi connectivity index (χ0v) is 17.6. The van der Waals surface area contributed by atoms with Crippen molar-refractivity contribution in [3.63, 3.8) is 0 Å². The van der Waals surface area contributed by atoms with Crippen molar-refractivity contribution in [3.05, 3.63) is 74.4 Å². The van der Waals surface area contributed by atoms with Crippen molar-refractivity contribution in [3.8, 4) is 5.75 Å². The summed E-state index contributed by atoms with van der Waals surface area (Å²) in [5, 5.41) is 15.4. The van der Waals surface area contributed by atoms with Gasteiger partial charge in [0.2, 0.25) is 11.9 Å². The van der Waals surface area contributed by atoms with Crippen LogP contribution in [0.5, 0.6) is 5.75 Å². The molecule has 1 aliphatic rings. The van der Waals surface area contributed by atoms with Gasteiger partial charge in [-0.2, -0.15) is 4.68 Å². The number of carbonyl (C=O) groups is 1. The number of nitrogens with one attached hydrogen (secondary N) is 1. The van der Waals surface area contributed by atoms with E-state index in [0.29, 0.717) is 40.2 Å². The number of rotatable bonds is 5. The third-order valence-electron chi connectivity index (χ3n) is 4.55. The molecule has 0 spiro atoms. The van der Waals surface area contributed by atoms with Crippen LogP contribution in [0.3, 0.4) is 0 Å². The molecular weight excluding hydrogens is 460 g/mol. The van der Waals surface area contributed by atoms with Crippen molar-refractivity contribution in [1.82, 2.24) is 20.2 Å². The molecule has 0 fully saturated rings. The average molecular weight is 476 g/mol. The predicted molar refractivity (Wildman–Crippen MR) is 111 cm³/mol. The molecule has 1 unspecified atom stereocenters. The number of benzene rings is 2. The number of hydrogen-bond donors (Lipinski definition) is 2. The number of ether oxygens (including phenoxy) is 1. The molecular formula is C19H16BrClN6O2. The highest BCUT2D eigenvalue weighted by Gasteiger charge is 2.34. The van der Waals surface area contributed by atoms with Gasteiger partial charge < -0.3 is 15.8 Å². The number of carbonyl (C=O) groups excluding carboxylic acids is 1. The Balaban J connectivity index is 1.76. The van der Waals surface area contributed by atoms with Gasteiger partial charge in [0.05, 0.1) is 5.57 Å². The minimum atomic E-state index is -0.628. The second kappa shape index (κ2) is 7.84. The molecule has 2 heterocycles. The number of hydrogen-bond acceptors (Lipinski definition) is 6. The Labute approximate surface area is 179 Å². The average Bonchev–Trinajstić information content (AvgIpc) is 3.15. The van der Waals surface area contributed by atoms with Crippen LogP contribution in [-0.2, 0) is 11.4 Å². The Kier molecular flexibility index (Phi) is 5.25. The summed E-state index contributed by atoms with van der Waals surface area (Å²) < 4.78 is 8.42. The van der Waals surface area contributed by atoms with Gasteiger partial charge in [-0.25, -0.2) is 0 Å². The number of nitrogens with two attached hydrogens (primary N) is 1. The SMILES string of the molecule is CC1=C(C(N)=O)C(c2cc(Br)ccc2OCc2ccc(Cl)cc2)n2nnnc2N1. The zero-order valence-electron chi connectivity index (χ0n) is 15.3. The standard InChI is InChI=1S/C19H16BrClN6O2/c1-10-16(18(22)28)17(27-19(23-10)24-25-26-27)14-8-12(20)4-7-15(14)29-9-11-2-5-13(21)6-3-11/h2-8,17H,9H2,1H3,(H2,22,28)(H,23,24,26). The highest BCUT2D eigenvalue weighted by Crippen LogP contribution is 2.39. The molecule has 10 heteroatoms. The molecule has 1 atom stereocenters. The van der Waals surface area contributed by atoms with Gasteiger partial charge in [-0.05, 0) is 53.2 Å². The molecule has 0 saturated heterocycles. The number of tetrazole rings is 1. The zero-order chi connectivity index (χ0) is 20.5. The fraction of sp³-hybridized carbons (Fsp3) is 0.158. The first-order valence-corrected chi connectivity index (χ1v) is 9.83. The summed E-state index contributed by atoms with van der Waals surface area (Å²) in [7, 11) is 0. The summed E-state index contributed by atoms with van der Waals surface area (Å²) in [4.78, 5) is 12.3. The summed E-state index contributed by atoms with van der Waals surface area (Å²) in [5.41, 5.74) is 8.31. The van der Waals surface area contributed by atoms with Gasteiger partial charge in [-0.1, -0.05) is 44.8 Å². The van der Waals surface area contributed by atoms with Crippen LogP contribution in [-0.4, -0.2) is 26.1 Å². The van der Waals surface area contributed by atoms with Crippen molar-refractivity contribution in [2.45, 2.75) is 19.6 Å². The van der Waals surface area contributed by atoms with E-state index in [0.717, 1.165) is 10.0 Å². The fourth-order valence-electron chi connectivity index (χ4n) is 3.23. The molecule has 8 nitrogen and oxygen atoms in total. The quantitative estimate of drug-likeness (QED) is 0.585. The van der Waals surface area contributed by atoms with Gasteiger partial charge in [-0.3, -0.25) is 4.79 Å². The predicted octanol–water partition coefficient (Wildman–Crippen LogP) is 3.44. The molecule has 1 amide bonds. The topological polar surface area (TPSA) is 108 Å². The van der Waals surface area contributed by atoms with Crippen LogP contribution >= 0.6 is 27.5 Å². The number of anilines is 1. The van der Waals surface area contributed by atoms with Crippen LogP contribution < -0.4 is 15.8 Å². The van der Waals surface area contributed by atoms with Crippen molar-refractivity contribution in [2.24, 2.45) is 5.73 Å². The van der Waals surface area contributed by atoms with Gasteiger partial charge in [0, 0.05) is 20.8 Å². The van der Waals surface area contributed by atoms with Gasteiger partial charge in [-0.15, -0.1) is 0 Å². The monoisotopic (exact) mass is 474 g/mol. The molecule has 1 aliphatic heterocycles. The Morgan fingerprint density at radius 3 is 2.79 bits per heavy atom. The molecule has 148 valence electrons. The molecule has 3 aromatic rings. The largest absolute Gasteiger partial charge is 0.489 e. The second-order valence-electron chi connectivity index (χ2n) is 6.47. The van der Waals surface area contributed by atoms with Crippen LogP contribution in [0.15, 0.2) is 58.2 Å². The maximum atomic E-state index is 12.3. The molecule has 3 N–H and O–H groups in total. The second-order valence-corrected chi connectivity index (χ2v) is 7.83. The summed E-state index contributed by atoms with van der Waals surface area (Å²) >= 11 is 9.44. The van der Waals surface area contributed by atoms with E-state index in [9.17, 15) is 4.79 Å². The smallest absolute Gasteiger partial charge is 0.248 e. The fourth-order valence-corrected chi connectivity index (χ4v) is 3.73. The van der Waals surface area contributed by atoms with Gasteiger partial charge in [0.1, 0.15) is 18.4 Å². The highest BCUT2D eigenvalue weighted by molar-refractivity contribution is 9.10. The van der Waals surface area contributed by atoms with E-state index in [1.165, 1.54) is 4.68 Å². The number of halogens is 2. The summed E-state index contributed by atoms with van der Waals surface area (Å²) in [6.07, 6.45) is 0. The van der Waals surface area contributed by atoms with E-state index in [1.54, 1.807) is 19.1 Å². The molecule has 1 aromatic heterocycles. The molecule has 4 rings (SSSR count). The molecule has 0 bridgehead atoms. The lowest BCUT2D eigenvalue weighted by Gasteiger charge is -2.28. The molecule has 0 radical (unpaired) electrons. The Morgan fingerprint density at radius 2 is 2.07 bits per heavy atom. The van der Waals surface area contributed by atoms with Crippen molar-refractivity contribution >= 4 is 39.4 Å². The Hall–Kier alpha value is -2.91. The van der Waals surface area contributed by atoms with Crippen LogP contribution in [0.25, 0.3) is 0 Å². The minimum absolute atomic E-state index is 0.327. The molecule has 0 aliphatic carbocycles. The lowest BCUT2D eigenvalue weighted by molar-refractivity contribution is -0.115. The van der Waals surface area contributed by atoms with E-state index in [-0.39, 0.29) is 0 Å². The summed E-state index contributed by atoms with van der Waals surface area (Å²) in [5.74, 6) is 0.439. The van der Waals surface area contributed by atoms with Crippen molar-refractivity contribution in [2.75, 3.05) is 5.32 Å². The van der Waals surface area contributed by atoms with Crippen LogP contribution in [0.4, 0.5) is 5.95 Å². The summed E-state index contributed by atoms with van der Waals surface area (Å²) in [6.45, 7) is 2.09. The normalized spacial score (nSPS) is 15.6. The number of allylic oxidation sites excluding steroid dienone is 1. The first kappa shape index (κ1) is 19.4. The maximum absolute atomic E-state index is 12.3. The molecule has 0 saturated carbocycles. The molecule has 2 aromatic carbocycles. The van der Waals surface area contributed by atoms with Gasteiger partial charge in [0.25, 0.3) is 0 Å². The maximum Gasteiger partial charge on any atom is 0.248 e. The molecule has 29 heavy (non-hydrogen) atoms. The number of primary amides is 1. The van der Waals surface area contributed by atoms with Crippen LogP contribution in [0, 0.1) is 0 Å². The van der Waals surface area contributed by atoms with Crippen LogP contribution in [0.1, 0.15) is 24.1 Å². The van der Waals surface area contributed by atoms with Crippen LogP contribution in [0.2, 0.25) is 5.02 Å².